The SMILES string of the molecule is Cc1ccc(C(=O)N2CCC[C@H](CS(C)(=O)=O)C2)c(=O)n1C. The number of likely N-dealkylation sites (tertiary alicyclic amines) is 1. The number of aryl methyl sites for hydroxylation is 1. The van der Waals surface area contributed by atoms with Gasteiger partial charge >= 0.3 is 0 Å². The minimum absolute atomic E-state index is 0.0537. The van der Waals surface area contributed by atoms with Crippen molar-refractivity contribution in [2.45, 2.75) is 19.8 Å². The molecule has 0 aliphatic carbocycles. The van der Waals surface area contributed by atoms with Crippen LogP contribution in [-0.2, 0) is 16.9 Å². The van der Waals surface area contributed by atoms with Crippen LogP contribution in [0, 0.1) is 12.8 Å². The van der Waals surface area contributed by atoms with Gasteiger partial charge in [-0.05, 0) is 37.8 Å². The van der Waals surface area contributed by atoms with E-state index < -0.39 is 9.84 Å². The molecular weight excluding hydrogens is 304 g/mol. The van der Waals surface area contributed by atoms with Gasteiger partial charge in [0, 0.05) is 32.1 Å². The van der Waals surface area contributed by atoms with Crippen LogP contribution in [0.25, 0.3) is 0 Å². The molecule has 1 fully saturated rings. The second kappa shape index (κ2) is 6.24. The van der Waals surface area contributed by atoms with Crippen molar-refractivity contribution >= 4 is 15.7 Å². The van der Waals surface area contributed by atoms with Crippen LogP contribution in [0.3, 0.4) is 0 Å². The summed E-state index contributed by atoms with van der Waals surface area (Å²) in [4.78, 5) is 26.4. The molecule has 2 heterocycles. The Morgan fingerprint density at radius 3 is 2.68 bits per heavy atom. The Bertz CT molecular complexity index is 736. The number of nitrogens with zero attached hydrogens (tertiary/aromatic N) is 2. The first-order valence-electron chi connectivity index (χ1n) is 7.32. The predicted molar refractivity (Wildman–Crippen MR) is 84.8 cm³/mol. The largest absolute Gasteiger partial charge is 0.338 e. The number of carbonyl (C=O) groups excluding carboxylic acids is 1. The molecule has 0 N–H and O–H groups in total. The standard InChI is InChI=1S/C15H22N2O4S/c1-11-6-7-13(14(18)16(11)2)15(19)17-8-4-5-12(9-17)10-22(3,20)21/h6-7,12H,4-5,8-10H2,1-3H3/t12-/m0/s1. The topological polar surface area (TPSA) is 76.5 Å². The summed E-state index contributed by atoms with van der Waals surface area (Å²) in [6, 6.07) is 3.30. The third-order valence-corrected chi connectivity index (χ3v) is 5.21. The van der Waals surface area contributed by atoms with Crippen LogP contribution in [0.1, 0.15) is 28.9 Å². The van der Waals surface area contributed by atoms with Crippen molar-refractivity contribution in [3.8, 4) is 0 Å². The molecule has 0 aromatic carbocycles. The number of carbonyl (C=O) groups is 1. The first-order valence-corrected chi connectivity index (χ1v) is 9.38. The minimum atomic E-state index is -3.06. The predicted octanol–water partition coefficient (Wildman–Crippen LogP) is 0.591. The van der Waals surface area contributed by atoms with Crippen molar-refractivity contribution in [3.05, 3.63) is 33.7 Å². The van der Waals surface area contributed by atoms with E-state index in [9.17, 15) is 18.0 Å². The number of hydrogen-bond donors (Lipinski definition) is 0. The number of rotatable bonds is 3. The Balaban J connectivity index is 2.19. The molecule has 1 aromatic heterocycles. The van der Waals surface area contributed by atoms with Crippen LogP contribution in [0.2, 0.25) is 0 Å². The fourth-order valence-corrected chi connectivity index (χ4v) is 4.00. The van der Waals surface area contributed by atoms with Crippen molar-refractivity contribution in [3.63, 3.8) is 0 Å². The maximum Gasteiger partial charge on any atom is 0.263 e. The Labute approximate surface area is 130 Å². The number of sulfone groups is 1. The summed E-state index contributed by atoms with van der Waals surface area (Å²) in [6.45, 7) is 2.76. The lowest BCUT2D eigenvalue weighted by atomic mass is 9.99. The van der Waals surface area contributed by atoms with Gasteiger partial charge in [0.1, 0.15) is 15.4 Å². The van der Waals surface area contributed by atoms with E-state index >= 15 is 0 Å². The molecule has 1 atom stereocenters. The normalized spacial score (nSPS) is 19.2. The van der Waals surface area contributed by atoms with Gasteiger partial charge in [0.15, 0.2) is 0 Å². The van der Waals surface area contributed by atoms with Gasteiger partial charge in [0.25, 0.3) is 11.5 Å². The molecule has 0 spiro atoms. The van der Waals surface area contributed by atoms with E-state index in [1.807, 2.05) is 0 Å². The van der Waals surface area contributed by atoms with Gasteiger partial charge in [-0.15, -0.1) is 0 Å². The average Bonchev–Trinajstić information content (AvgIpc) is 2.43. The van der Waals surface area contributed by atoms with Crippen molar-refractivity contribution in [2.24, 2.45) is 13.0 Å². The quantitative estimate of drug-likeness (QED) is 0.815. The van der Waals surface area contributed by atoms with Gasteiger partial charge in [-0.2, -0.15) is 0 Å². The molecule has 1 amide bonds. The van der Waals surface area contributed by atoms with Crippen LogP contribution in [0.4, 0.5) is 0 Å². The van der Waals surface area contributed by atoms with Crippen molar-refractivity contribution < 1.29 is 13.2 Å². The third kappa shape index (κ3) is 3.76. The molecule has 0 saturated carbocycles. The van der Waals surface area contributed by atoms with E-state index in [0.29, 0.717) is 13.1 Å². The molecule has 22 heavy (non-hydrogen) atoms. The monoisotopic (exact) mass is 326 g/mol. The first-order chi connectivity index (χ1) is 10.2. The zero-order valence-electron chi connectivity index (χ0n) is 13.2. The molecular formula is C15H22N2O4S. The van der Waals surface area contributed by atoms with Gasteiger partial charge < -0.3 is 9.47 Å². The Hall–Kier alpha value is -1.63. The van der Waals surface area contributed by atoms with Gasteiger partial charge in [-0.3, -0.25) is 9.59 Å². The van der Waals surface area contributed by atoms with E-state index in [0.717, 1.165) is 18.5 Å². The molecule has 0 bridgehead atoms. The van der Waals surface area contributed by atoms with Crippen molar-refractivity contribution in [1.82, 2.24) is 9.47 Å². The lowest BCUT2D eigenvalue weighted by Crippen LogP contribution is -2.44. The third-order valence-electron chi connectivity index (χ3n) is 4.13. The van der Waals surface area contributed by atoms with Crippen LogP contribution >= 0.6 is 0 Å². The van der Waals surface area contributed by atoms with Crippen LogP contribution in [0.15, 0.2) is 16.9 Å². The van der Waals surface area contributed by atoms with Gasteiger partial charge in [0.2, 0.25) is 0 Å². The maximum absolute atomic E-state index is 12.6. The average molecular weight is 326 g/mol. The summed E-state index contributed by atoms with van der Waals surface area (Å²) >= 11 is 0. The summed E-state index contributed by atoms with van der Waals surface area (Å²) in [5.41, 5.74) is 0.624. The molecule has 0 unspecified atom stereocenters. The summed E-state index contributed by atoms with van der Waals surface area (Å²) in [5.74, 6) is -0.274. The van der Waals surface area contributed by atoms with E-state index in [2.05, 4.69) is 0 Å². The maximum atomic E-state index is 12.6. The Kier molecular flexibility index (Phi) is 4.75. The summed E-state index contributed by atoms with van der Waals surface area (Å²) in [5, 5.41) is 0. The smallest absolute Gasteiger partial charge is 0.263 e. The fraction of sp³-hybridized carbons (Fsp3) is 0.600. The molecule has 2 rings (SSSR count). The van der Waals surface area contributed by atoms with E-state index in [4.69, 9.17) is 0 Å². The van der Waals surface area contributed by atoms with E-state index in [1.54, 1.807) is 31.0 Å². The summed E-state index contributed by atoms with van der Waals surface area (Å²) < 4.78 is 24.3. The van der Waals surface area contributed by atoms with Gasteiger partial charge in [-0.1, -0.05) is 0 Å². The Morgan fingerprint density at radius 2 is 2.05 bits per heavy atom. The lowest BCUT2D eigenvalue weighted by Gasteiger charge is -2.32. The first kappa shape index (κ1) is 16.7. The fourth-order valence-electron chi connectivity index (χ4n) is 2.87. The highest BCUT2D eigenvalue weighted by Gasteiger charge is 2.28. The second-order valence-electron chi connectivity index (χ2n) is 6.10. The van der Waals surface area contributed by atoms with E-state index in [-0.39, 0.29) is 28.7 Å². The van der Waals surface area contributed by atoms with Crippen LogP contribution in [0.5, 0.6) is 0 Å². The molecule has 6 nitrogen and oxygen atoms in total. The Morgan fingerprint density at radius 1 is 1.36 bits per heavy atom. The highest BCUT2D eigenvalue weighted by Crippen LogP contribution is 2.19. The molecule has 1 aromatic rings. The van der Waals surface area contributed by atoms with Crippen molar-refractivity contribution in [1.29, 1.82) is 0 Å². The highest BCUT2D eigenvalue weighted by molar-refractivity contribution is 7.90. The molecule has 7 heteroatoms. The number of hydrogen-bond acceptors (Lipinski definition) is 4. The van der Waals surface area contributed by atoms with Gasteiger partial charge in [-0.25, -0.2) is 8.42 Å². The molecule has 0 radical (unpaired) electrons. The summed E-state index contributed by atoms with van der Waals surface area (Å²) in [6.07, 6.45) is 2.77. The highest BCUT2D eigenvalue weighted by atomic mass is 32.2. The number of piperidine rings is 1. The second-order valence-corrected chi connectivity index (χ2v) is 8.29. The number of aromatic nitrogens is 1. The van der Waals surface area contributed by atoms with E-state index in [1.165, 1.54) is 10.8 Å². The summed E-state index contributed by atoms with van der Waals surface area (Å²) in [7, 11) is -1.43. The van der Waals surface area contributed by atoms with Gasteiger partial charge in [0.05, 0.1) is 5.75 Å². The zero-order chi connectivity index (χ0) is 16.5. The van der Waals surface area contributed by atoms with Crippen LogP contribution in [-0.4, -0.2) is 48.9 Å². The lowest BCUT2D eigenvalue weighted by molar-refractivity contribution is 0.0682. The van der Waals surface area contributed by atoms with Crippen molar-refractivity contribution in [2.75, 3.05) is 25.1 Å². The van der Waals surface area contributed by atoms with Crippen LogP contribution < -0.4 is 5.56 Å². The zero-order valence-corrected chi connectivity index (χ0v) is 14.0. The minimum Gasteiger partial charge on any atom is -0.338 e. The molecule has 122 valence electrons. The molecule has 1 saturated heterocycles. The molecule has 1 aliphatic rings. The number of pyridine rings is 1. The number of amides is 1. The molecule has 1 aliphatic heterocycles.